The first kappa shape index (κ1) is 19.2. The average Bonchev–Trinajstić information content (AvgIpc) is 3.32. The Kier molecular flexibility index (Phi) is 5.34. The third-order valence-electron chi connectivity index (χ3n) is 5.09. The number of ether oxygens (including phenoxy) is 4. The highest BCUT2D eigenvalue weighted by molar-refractivity contribution is 5.92. The number of carbonyl (C=O) groups excluding carboxylic acids is 1. The van der Waals surface area contributed by atoms with Gasteiger partial charge in [-0.1, -0.05) is 18.2 Å². The fourth-order valence-electron chi connectivity index (χ4n) is 3.73. The van der Waals surface area contributed by atoms with Crippen molar-refractivity contribution in [1.82, 2.24) is 0 Å². The number of hydrogen-bond acceptors (Lipinski definition) is 5. The topological polar surface area (TPSA) is 66.0 Å². The average molecular weight is 395 g/mol. The van der Waals surface area contributed by atoms with E-state index in [1.54, 1.807) is 25.3 Å². The summed E-state index contributed by atoms with van der Waals surface area (Å²) in [5.74, 6) is 1.73. The first-order valence-electron chi connectivity index (χ1n) is 9.86. The van der Waals surface area contributed by atoms with Crippen molar-refractivity contribution in [3.05, 3.63) is 48.0 Å². The number of nitrogens with one attached hydrogen (secondary N) is 1. The van der Waals surface area contributed by atoms with Crippen molar-refractivity contribution in [1.29, 1.82) is 0 Å². The zero-order valence-electron chi connectivity index (χ0n) is 16.7. The van der Waals surface area contributed by atoms with E-state index in [0.29, 0.717) is 22.9 Å². The minimum absolute atomic E-state index is 0.127. The van der Waals surface area contributed by atoms with Crippen LogP contribution < -0.4 is 24.3 Å². The number of amides is 1. The first-order chi connectivity index (χ1) is 14.1. The highest BCUT2D eigenvalue weighted by Crippen LogP contribution is 2.47. The molecular weight excluding hydrogens is 370 g/mol. The summed E-state index contributed by atoms with van der Waals surface area (Å²) in [7, 11) is 1.57. The van der Waals surface area contributed by atoms with Crippen LogP contribution in [0.25, 0.3) is 6.08 Å². The molecule has 1 heterocycles. The second-order valence-electron chi connectivity index (χ2n) is 7.23. The summed E-state index contributed by atoms with van der Waals surface area (Å²) in [4.78, 5) is 12.3. The number of allylic oxidation sites excluding steroid dienone is 1. The Hall–Kier alpha value is -3.15. The molecule has 0 radical (unpaired) electrons. The number of rotatable bonds is 6. The van der Waals surface area contributed by atoms with Gasteiger partial charge in [0.05, 0.1) is 7.11 Å². The molecule has 2 aliphatic rings. The van der Waals surface area contributed by atoms with E-state index < -0.39 is 5.79 Å². The molecule has 2 aromatic rings. The molecule has 0 aromatic heterocycles. The van der Waals surface area contributed by atoms with Crippen LogP contribution in [0.15, 0.2) is 42.5 Å². The molecule has 29 heavy (non-hydrogen) atoms. The zero-order chi connectivity index (χ0) is 20.3. The molecule has 1 spiro atoms. The SMILES string of the molecule is C/C=C\c1ccc(OCC(=O)Nc2ccc3c(c2)OC2(CCCC2)O3)c(OC)c1. The summed E-state index contributed by atoms with van der Waals surface area (Å²) >= 11 is 0. The van der Waals surface area contributed by atoms with Crippen molar-refractivity contribution in [2.24, 2.45) is 0 Å². The summed E-state index contributed by atoms with van der Waals surface area (Å²) in [6.07, 6.45) is 7.91. The molecule has 6 heteroatoms. The second kappa shape index (κ2) is 8.07. The van der Waals surface area contributed by atoms with Gasteiger partial charge in [-0.15, -0.1) is 0 Å². The van der Waals surface area contributed by atoms with Gasteiger partial charge < -0.3 is 24.3 Å². The Morgan fingerprint density at radius 3 is 2.66 bits per heavy atom. The van der Waals surface area contributed by atoms with Gasteiger partial charge in [0.15, 0.2) is 29.6 Å². The van der Waals surface area contributed by atoms with E-state index >= 15 is 0 Å². The van der Waals surface area contributed by atoms with Crippen LogP contribution in [0.1, 0.15) is 38.2 Å². The van der Waals surface area contributed by atoms with E-state index in [2.05, 4.69) is 5.32 Å². The van der Waals surface area contributed by atoms with Gasteiger partial charge in [0.25, 0.3) is 11.7 Å². The van der Waals surface area contributed by atoms with Crippen molar-refractivity contribution in [3.8, 4) is 23.0 Å². The third-order valence-corrected chi connectivity index (χ3v) is 5.09. The van der Waals surface area contributed by atoms with E-state index in [4.69, 9.17) is 18.9 Å². The smallest absolute Gasteiger partial charge is 0.262 e. The Morgan fingerprint density at radius 1 is 1.10 bits per heavy atom. The lowest BCUT2D eigenvalue weighted by Gasteiger charge is -2.21. The van der Waals surface area contributed by atoms with E-state index in [9.17, 15) is 4.79 Å². The highest BCUT2D eigenvalue weighted by atomic mass is 16.7. The third kappa shape index (κ3) is 4.16. The van der Waals surface area contributed by atoms with Gasteiger partial charge in [-0.05, 0) is 49.6 Å². The molecule has 1 amide bonds. The van der Waals surface area contributed by atoms with Gasteiger partial charge in [0, 0.05) is 24.6 Å². The van der Waals surface area contributed by atoms with Crippen LogP contribution in [0.3, 0.4) is 0 Å². The van der Waals surface area contributed by atoms with Gasteiger partial charge in [0.1, 0.15) is 0 Å². The number of carbonyl (C=O) groups is 1. The van der Waals surface area contributed by atoms with E-state index in [1.165, 1.54) is 0 Å². The lowest BCUT2D eigenvalue weighted by atomic mass is 10.2. The second-order valence-corrected chi connectivity index (χ2v) is 7.23. The van der Waals surface area contributed by atoms with Gasteiger partial charge in [-0.2, -0.15) is 0 Å². The molecular formula is C23H25NO5. The molecule has 0 atom stereocenters. The molecule has 0 unspecified atom stereocenters. The van der Waals surface area contributed by atoms with E-state index in [-0.39, 0.29) is 12.5 Å². The van der Waals surface area contributed by atoms with Crippen LogP contribution in [0.4, 0.5) is 5.69 Å². The molecule has 6 nitrogen and oxygen atoms in total. The van der Waals surface area contributed by atoms with Crippen LogP contribution in [0, 0.1) is 0 Å². The number of hydrogen-bond donors (Lipinski definition) is 1. The number of methoxy groups -OCH3 is 1. The Balaban J connectivity index is 1.36. The van der Waals surface area contributed by atoms with E-state index in [1.807, 2.05) is 37.3 Å². The summed E-state index contributed by atoms with van der Waals surface area (Å²) in [5.41, 5.74) is 1.65. The highest BCUT2D eigenvalue weighted by Gasteiger charge is 2.44. The number of benzene rings is 2. The standard InChI is InChI=1S/C23H25NO5/c1-3-6-16-7-9-18(20(13-16)26-2)27-15-22(25)24-17-8-10-19-21(14-17)29-23(28-19)11-4-5-12-23/h3,6-10,13-14H,4-5,11-12,15H2,1-2H3,(H,24,25)/b6-3-. The van der Waals surface area contributed by atoms with Crippen LogP contribution in [-0.4, -0.2) is 25.4 Å². The van der Waals surface area contributed by atoms with Gasteiger partial charge in [0.2, 0.25) is 0 Å². The molecule has 4 rings (SSSR count). The molecule has 1 saturated carbocycles. The maximum Gasteiger partial charge on any atom is 0.262 e. The summed E-state index contributed by atoms with van der Waals surface area (Å²) in [5, 5.41) is 2.84. The molecule has 152 valence electrons. The summed E-state index contributed by atoms with van der Waals surface area (Å²) in [6.45, 7) is 1.82. The molecule has 1 N–H and O–H groups in total. The van der Waals surface area contributed by atoms with Gasteiger partial charge in [-0.3, -0.25) is 4.79 Å². The Labute approximate surface area is 170 Å². The minimum Gasteiger partial charge on any atom is -0.493 e. The minimum atomic E-state index is -0.510. The molecule has 0 bridgehead atoms. The predicted molar refractivity (Wildman–Crippen MR) is 111 cm³/mol. The monoisotopic (exact) mass is 395 g/mol. The predicted octanol–water partition coefficient (Wildman–Crippen LogP) is 4.79. The van der Waals surface area contributed by atoms with Crippen molar-refractivity contribution in [3.63, 3.8) is 0 Å². The van der Waals surface area contributed by atoms with Gasteiger partial charge in [-0.25, -0.2) is 0 Å². The largest absolute Gasteiger partial charge is 0.493 e. The lowest BCUT2D eigenvalue weighted by molar-refractivity contribution is -0.118. The van der Waals surface area contributed by atoms with Crippen LogP contribution in [0.2, 0.25) is 0 Å². The molecule has 0 saturated heterocycles. The number of anilines is 1. The van der Waals surface area contributed by atoms with Crippen LogP contribution in [-0.2, 0) is 4.79 Å². The molecule has 1 aliphatic heterocycles. The van der Waals surface area contributed by atoms with Crippen molar-refractivity contribution < 1.29 is 23.7 Å². The van der Waals surface area contributed by atoms with Crippen molar-refractivity contribution >= 4 is 17.7 Å². The van der Waals surface area contributed by atoms with Crippen molar-refractivity contribution in [2.75, 3.05) is 19.0 Å². The molecule has 2 aromatic carbocycles. The summed E-state index contributed by atoms with van der Waals surface area (Å²) < 4.78 is 23.0. The number of fused-ring (bicyclic) bond motifs is 1. The maximum atomic E-state index is 12.3. The zero-order valence-corrected chi connectivity index (χ0v) is 16.7. The Morgan fingerprint density at radius 2 is 1.90 bits per heavy atom. The quantitative estimate of drug-likeness (QED) is 0.762. The van der Waals surface area contributed by atoms with Crippen LogP contribution in [0.5, 0.6) is 23.0 Å². The van der Waals surface area contributed by atoms with E-state index in [0.717, 1.165) is 37.0 Å². The van der Waals surface area contributed by atoms with Crippen LogP contribution >= 0.6 is 0 Å². The first-order valence-corrected chi connectivity index (χ1v) is 9.86. The maximum absolute atomic E-state index is 12.3. The Bertz CT molecular complexity index is 931. The fourth-order valence-corrected chi connectivity index (χ4v) is 3.73. The lowest BCUT2D eigenvalue weighted by Crippen LogP contribution is -2.34. The van der Waals surface area contributed by atoms with Gasteiger partial charge >= 0.3 is 0 Å². The normalized spacial score (nSPS) is 16.3. The van der Waals surface area contributed by atoms with Crippen molar-refractivity contribution in [2.45, 2.75) is 38.4 Å². The fraction of sp³-hybridized carbons (Fsp3) is 0.348. The molecule has 1 aliphatic carbocycles. The molecule has 1 fully saturated rings. The summed E-state index contributed by atoms with van der Waals surface area (Å²) in [6, 6.07) is 11.0.